The van der Waals surface area contributed by atoms with E-state index in [4.69, 9.17) is 9.98 Å². The van der Waals surface area contributed by atoms with E-state index in [1.807, 2.05) is 13.8 Å². The predicted molar refractivity (Wildman–Crippen MR) is 218 cm³/mol. The maximum atomic E-state index is 5.20. The fourth-order valence-corrected chi connectivity index (χ4v) is 6.45. The van der Waals surface area contributed by atoms with Crippen LogP contribution in [0.15, 0.2) is 136 Å². The van der Waals surface area contributed by atoms with Crippen LogP contribution in [0.25, 0.3) is 33.2 Å². The molecular formula is C45H48BrN3. The zero-order valence-corrected chi connectivity index (χ0v) is 32.0. The van der Waals surface area contributed by atoms with E-state index < -0.39 is 0 Å². The summed E-state index contributed by atoms with van der Waals surface area (Å²) in [5, 5.41) is 2.47. The Hall–Kier alpha value is -4.54. The van der Waals surface area contributed by atoms with Crippen molar-refractivity contribution >= 4 is 55.0 Å². The highest BCUT2D eigenvalue weighted by Crippen LogP contribution is 2.33. The van der Waals surface area contributed by atoms with Crippen LogP contribution in [0.5, 0.6) is 0 Å². The molecule has 0 radical (unpaired) electrons. The van der Waals surface area contributed by atoms with Gasteiger partial charge in [-0.2, -0.15) is 0 Å². The molecule has 0 spiro atoms. The summed E-state index contributed by atoms with van der Waals surface area (Å²) in [6.07, 6.45) is 0. The molecule has 0 saturated heterocycles. The first kappa shape index (κ1) is 35.8. The Kier molecular flexibility index (Phi) is 10.6. The molecule has 250 valence electrons. The van der Waals surface area contributed by atoms with Crippen molar-refractivity contribution in [3.63, 3.8) is 0 Å². The van der Waals surface area contributed by atoms with Crippen LogP contribution >= 0.6 is 15.9 Å². The lowest BCUT2D eigenvalue weighted by molar-refractivity contribution is 0.590. The lowest BCUT2D eigenvalue weighted by Crippen LogP contribution is -2.11. The Labute approximate surface area is 301 Å². The van der Waals surface area contributed by atoms with E-state index in [9.17, 15) is 0 Å². The molecule has 0 saturated carbocycles. The number of amidine groups is 1. The molecule has 0 aliphatic carbocycles. The number of aromatic nitrogens is 1. The van der Waals surface area contributed by atoms with Gasteiger partial charge in [-0.3, -0.25) is 0 Å². The molecule has 0 fully saturated rings. The number of halogens is 1. The van der Waals surface area contributed by atoms with Gasteiger partial charge in [-0.1, -0.05) is 163 Å². The van der Waals surface area contributed by atoms with Crippen LogP contribution in [0, 0.1) is 0 Å². The molecule has 0 aliphatic heterocycles. The first-order valence-electron chi connectivity index (χ1n) is 17.1. The van der Waals surface area contributed by atoms with Crippen molar-refractivity contribution in [2.24, 2.45) is 9.98 Å². The van der Waals surface area contributed by atoms with Crippen molar-refractivity contribution in [3.05, 3.63) is 154 Å². The number of rotatable bonds is 5. The Morgan fingerprint density at radius 2 is 1.06 bits per heavy atom. The standard InChI is InChI=1S/C43H42BrN3.C2H6/c1-28(30-17-21-33(22-18-30)42(3,4)5)45-41(31-19-23-34(24-20-31)43(6,7)8)46-29(2)32-25-35(44)27-36(26-32)47-39-15-11-9-13-37(39)38-14-10-12-16-40(38)47;1-2/h9-27H,1H2,2-8H3;1-2H3. The van der Waals surface area contributed by atoms with Crippen molar-refractivity contribution in [1.29, 1.82) is 0 Å². The summed E-state index contributed by atoms with van der Waals surface area (Å²) in [7, 11) is 0. The summed E-state index contributed by atoms with van der Waals surface area (Å²) in [5.41, 5.74) is 10.5. The molecule has 49 heavy (non-hydrogen) atoms. The minimum absolute atomic E-state index is 0.0486. The van der Waals surface area contributed by atoms with Crippen molar-refractivity contribution in [2.45, 2.75) is 73.1 Å². The molecule has 0 amide bonds. The number of aliphatic imine (C=N–C) groups is 2. The van der Waals surface area contributed by atoms with Gasteiger partial charge in [0, 0.05) is 32.2 Å². The van der Waals surface area contributed by atoms with Gasteiger partial charge in [0.15, 0.2) is 5.84 Å². The molecule has 0 bridgehead atoms. The maximum Gasteiger partial charge on any atom is 0.160 e. The van der Waals surface area contributed by atoms with Gasteiger partial charge in [0.2, 0.25) is 0 Å². The third kappa shape index (κ3) is 7.86. The zero-order valence-electron chi connectivity index (χ0n) is 30.4. The van der Waals surface area contributed by atoms with Crippen LogP contribution in [-0.4, -0.2) is 16.1 Å². The predicted octanol–water partition coefficient (Wildman–Crippen LogP) is 13.1. The SMILES string of the molecule is C=C(N=C(N=C(C)c1cc(Br)cc(-n2c3ccccc3c3ccccc32)c1)c1ccc(C(C)(C)C)cc1)c1ccc(C(C)(C)C)cc1.CC. The minimum Gasteiger partial charge on any atom is -0.309 e. The molecule has 0 aliphatic rings. The van der Waals surface area contributed by atoms with Crippen LogP contribution in [0.3, 0.4) is 0 Å². The van der Waals surface area contributed by atoms with Crippen molar-refractivity contribution in [2.75, 3.05) is 0 Å². The monoisotopic (exact) mass is 709 g/mol. The van der Waals surface area contributed by atoms with E-state index in [0.717, 1.165) is 32.6 Å². The summed E-state index contributed by atoms with van der Waals surface area (Å²) >= 11 is 3.81. The zero-order chi connectivity index (χ0) is 35.5. The third-order valence-electron chi connectivity index (χ3n) is 8.75. The van der Waals surface area contributed by atoms with Gasteiger partial charge in [-0.15, -0.1) is 0 Å². The van der Waals surface area contributed by atoms with E-state index in [0.29, 0.717) is 11.5 Å². The average molecular weight is 711 g/mol. The quantitative estimate of drug-likeness (QED) is 0.126. The fourth-order valence-electron chi connectivity index (χ4n) is 5.96. The molecule has 5 aromatic carbocycles. The van der Waals surface area contributed by atoms with Crippen molar-refractivity contribution in [1.82, 2.24) is 4.57 Å². The largest absolute Gasteiger partial charge is 0.309 e. The molecule has 6 rings (SSSR count). The second-order valence-corrected chi connectivity index (χ2v) is 15.2. The normalized spacial score (nSPS) is 12.6. The Morgan fingerprint density at radius 1 is 0.592 bits per heavy atom. The number of hydrogen-bond acceptors (Lipinski definition) is 1. The highest BCUT2D eigenvalue weighted by molar-refractivity contribution is 9.10. The third-order valence-corrected chi connectivity index (χ3v) is 9.20. The summed E-state index contributed by atoms with van der Waals surface area (Å²) in [6.45, 7) is 23.8. The Morgan fingerprint density at radius 3 is 1.55 bits per heavy atom. The van der Waals surface area contributed by atoms with Gasteiger partial charge in [-0.05, 0) is 70.3 Å². The van der Waals surface area contributed by atoms with E-state index in [1.54, 1.807) is 0 Å². The second-order valence-electron chi connectivity index (χ2n) is 14.3. The van der Waals surface area contributed by atoms with Gasteiger partial charge in [0.05, 0.1) is 16.7 Å². The van der Waals surface area contributed by atoms with Crippen LogP contribution < -0.4 is 0 Å². The van der Waals surface area contributed by atoms with E-state index in [2.05, 4.69) is 191 Å². The molecule has 1 heterocycles. The van der Waals surface area contributed by atoms with Crippen LogP contribution in [0.4, 0.5) is 0 Å². The average Bonchev–Trinajstić information content (AvgIpc) is 3.42. The van der Waals surface area contributed by atoms with Crippen LogP contribution in [-0.2, 0) is 10.8 Å². The van der Waals surface area contributed by atoms with Gasteiger partial charge in [0.1, 0.15) is 0 Å². The number of para-hydroxylation sites is 2. The van der Waals surface area contributed by atoms with Crippen molar-refractivity contribution < 1.29 is 0 Å². The highest BCUT2D eigenvalue weighted by Gasteiger charge is 2.17. The second kappa shape index (κ2) is 14.5. The molecular weight excluding hydrogens is 662 g/mol. The smallest absolute Gasteiger partial charge is 0.160 e. The summed E-state index contributed by atoms with van der Waals surface area (Å²) < 4.78 is 3.31. The number of fused-ring (bicyclic) bond motifs is 3. The van der Waals surface area contributed by atoms with E-state index >= 15 is 0 Å². The molecule has 4 heteroatoms. The van der Waals surface area contributed by atoms with Gasteiger partial charge >= 0.3 is 0 Å². The fraction of sp³-hybridized carbons (Fsp3) is 0.244. The Bertz CT molecular complexity index is 2110. The Balaban J connectivity index is 0.00000230. The van der Waals surface area contributed by atoms with E-state index in [1.165, 1.54) is 32.9 Å². The van der Waals surface area contributed by atoms with Gasteiger partial charge in [-0.25, -0.2) is 9.98 Å². The molecule has 6 aromatic rings. The lowest BCUT2D eigenvalue weighted by atomic mass is 9.86. The molecule has 3 nitrogen and oxygen atoms in total. The number of hydrogen-bond donors (Lipinski definition) is 0. The number of nitrogens with zero attached hydrogens (tertiary/aromatic N) is 3. The number of benzene rings is 5. The van der Waals surface area contributed by atoms with Crippen LogP contribution in [0.2, 0.25) is 0 Å². The van der Waals surface area contributed by atoms with Gasteiger partial charge in [0.25, 0.3) is 0 Å². The molecule has 0 unspecified atom stereocenters. The topological polar surface area (TPSA) is 29.6 Å². The summed E-state index contributed by atoms with van der Waals surface area (Å²) in [5.74, 6) is 0.631. The van der Waals surface area contributed by atoms with Gasteiger partial charge < -0.3 is 4.57 Å². The maximum absolute atomic E-state index is 5.20. The molecule has 0 atom stereocenters. The van der Waals surface area contributed by atoms with E-state index in [-0.39, 0.29) is 10.8 Å². The minimum atomic E-state index is 0.0486. The van der Waals surface area contributed by atoms with Crippen LogP contribution in [0.1, 0.15) is 90.1 Å². The highest BCUT2D eigenvalue weighted by atomic mass is 79.9. The lowest BCUT2D eigenvalue weighted by Gasteiger charge is -2.19. The summed E-state index contributed by atoms with van der Waals surface area (Å²) in [4.78, 5) is 10.3. The first-order chi connectivity index (χ1) is 23.3. The van der Waals surface area contributed by atoms with Crippen molar-refractivity contribution in [3.8, 4) is 5.69 Å². The first-order valence-corrected chi connectivity index (χ1v) is 17.9. The summed E-state index contributed by atoms with van der Waals surface area (Å²) in [6, 6.07) is 40.8. The molecule has 1 aromatic heterocycles. The molecule has 0 N–H and O–H groups in total.